The van der Waals surface area contributed by atoms with E-state index in [0.717, 1.165) is 37.0 Å². The zero-order valence-electron chi connectivity index (χ0n) is 15.7. The molecule has 2 saturated carbocycles. The van der Waals surface area contributed by atoms with Crippen LogP contribution in [0.2, 0.25) is 0 Å². The number of carbonyl (C=O) groups excluding carboxylic acids is 1. The van der Waals surface area contributed by atoms with Crippen molar-refractivity contribution in [2.45, 2.75) is 87.9 Å². The quantitative estimate of drug-likeness (QED) is 0.607. The van der Waals surface area contributed by atoms with E-state index < -0.39 is 0 Å². The molecular weight excluding hydrogens is 346 g/mol. The lowest BCUT2D eigenvalue weighted by molar-refractivity contribution is -0.119. The van der Waals surface area contributed by atoms with Crippen LogP contribution in [-0.4, -0.2) is 45.6 Å². The molecule has 1 aromatic rings. The van der Waals surface area contributed by atoms with Crippen LogP contribution < -0.4 is 10.2 Å². The number of hydrogen-bond acceptors (Lipinski definition) is 5. The van der Waals surface area contributed by atoms with Crippen LogP contribution in [0.4, 0.5) is 5.95 Å². The molecule has 1 saturated heterocycles. The normalized spacial score (nSPS) is 22.2. The van der Waals surface area contributed by atoms with Gasteiger partial charge in [-0.25, -0.2) is 0 Å². The highest BCUT2D eigenvalue weighted by Gasteiger charge is 2.32. The Bertz CT molecular complexity index is 601. The molecular formula is C19H31N5OS. The maximum absolute atomic E-state index is 12.4. The minimum atomic E-state index is 0.145. The zero-order valence-corrected chi connectivity index (χ0v) is 16.5. The summed E-state index contributed by atoms with van der Waals surface area (Å²) in [6.07, 6.45) is 13.6. The molecule has 0 aromatic carbocycles. The number of rotatable bonds is 6. The van der Waals surface area contributed by atoms with Crippen molar-refractivity contribution in [1.82, 2.24) is 20.1 Å². The predicted octanol–water partition coefficient (Wildman–Crippen LogP) is 3.53. The van der Waals surface area contributed by atoms with Gasteiger partial charge >= 0.3 is 0 Å². The molecule has 2 heterocycles. The van der Waals surface area contributed by atoms with Crippen LogP contribution in [-0.2, 0) is 4.79 Å². The zero-order chi connectivity index (χ0) is 17.8. The molecule has 3 aliphatic rings. The van der Waals surface area contributed by atoms with E-state index in [0.29, 0.717) is 17.8 Å². The molecule has 26 heavy (non-hydrogen) atoms. The Balaban J connectivity index is 1.35. The van der Waals surface area contributed by atoms with Crippen molar-refractivity contribution < 1.29 is 4.79 Å². The van der Waals surface area contributed by atoms with Crippen molar-refractivity contribution in [3.63, 3.8) is 0 Å². The molecule has 144 valence electrons. The summed E-state index contributed by atoms with van der Waals surface area (Å²) in [5, 5.41) is 13.1. The highest BCUT2D eigenvalue weighted by molar-refractivity contribution is 7.99. The Labute approximate surface area is 160 Å². The van der Waals surface area contributed by atoms with Gasteiger partial charge < -0.3 is 10.2 Å². The van der Waals surface area contributed by atoms with Crippen LogP contribution in [0.5, 0.6) is 0 Å². The number of carbonyl (C=O) groups is 1. The van der Waals surface area contributed by atoms with Crippen LogP contribution in [0.1, 0.15) is 76.7 Å². The molecule has 0 unspecified atom stereocenters. The fraction of sp³-hybridized carbons (Fsp3) is 0.842. The Hall–Kier alpha value is -1.24. The van der Waals surface area contributed by atoms with Gasteiger partial charge in [-0.2, -0.15) is 0 Å². The van der Waals surface area contributed by atoms with Crippen molar-refractivity contribution in [3.05, 3.63) is 0 Å². The van der Waals surface area contributed by atoms with Crippen molar-refractivity contribution in [2.75, 3.05) is 23.7 Å². The topological polar surface area (TPSA) is 63.1 Å². The minimum Gasteiger partial charge on any atom is -0.353 e. The fourth-order valence-corrected chi connectivity index (χ4v) is 4.96. The smallest absolute Gasteiger partial charge is 0.230 e. The predicted molar refractivity (Wildman–Crippen MR) is 105 cm³/mol. The molecule has 0 atom stereocenters. The van der Waals surface area contributed by atoms with Gasteiger partial charge in [0.15, 0.2) is 5.16 Å². The van der Waals surface area contributed by atoms with Gasteiger partial charge in [-0.15, -0.1) is 10.2 Å². The Morgan fingerprint density at radius 1 is 0.962 bits per heavy atom. The molecule has 0 bridgehead atoms. The molecule has 1 aromatic heterocycles. The largest absolute Gasteiger partial charge is 0.353 e. The summed E-state index contributed by atoms with van der Waals surface area (Å²) in [5.74, 6) is 1.62. The van der Waals surface area contributed by atoms with E-state index in [1.165, 1.54) is 57.8 Å². The molecule has 3 fully saturated rings. The number of piperidine rings is 1. The van der Waals surface area contributed by atoms with E-state index in [9.17, 15) is 4.79 Å². The van der Waals surface area contributed by atoms with Crippen LogP contribution in [0.3, 0.4) is 0 Å². The van der Waals surface area contributed by atoms with Gasteiger partial charge in [0.2, 0.25) is 11.9 Å². The van der Waals surface area contributed by atoms with Crippen LogP contribution in [0.25, 0.3) is 0 Å². The Kier molecular flexibility index (Phi) is 6.02. The third kappa shape index (κ3) is 4.53. The minimum absolute atomic E-state index is 0.145. The molecule has 1 aliphatic heterocycles. The third-order valence-corrected chi connectivity index (χ3v) is 6.69. The average Bonchev–Trinajstić information content (AvgIpc) is 3.46. The SMILES string of the molecule is O=C(CSc1nnc(N2CCCCC2)n1C1CC1)NC1CCCCCC1. The van der Waals surface area contributed by atoms with E-state index in [4.69, 9.17) is 0 Å². The molecule has 4 rings (SSSR count). The van der Waals surface area contributed by atoms with Gasteiger partial charge in [-0.3, -0.25) is 9.36 Å². The van der Waals surface area contributed by atoms with Gasteiger partial charge in [0.25, 0.3) is 0 Å². The number of thioether (sulfide) groups is 1. The summed E-state index contributed by atoms with van der Waals surface area (Å²) in [6, 6.07) is 0.908. The summed E-state index contributed by atoms with van der Waals surface area (Å²) in [6.45, 7) is 2.16. The van der Waals surface area contributed by atoms with Gasteiger partial charge in [0, 0.05) is 25.2 Å². The van der Waals surface area contributed by atoms with E-state index in [2.05, 4.69) is 25.0 Å². The van der Waals surface area contributed by atoms with Crippen LogP contribution in [0.15, 0.2) is 5.16 Å². The summed E-state index contributed by atoms with van der Waals surface area (Å²) in [4.78, 5) is 14.8. The maximum Gasteiger partial charge on any atom is 0.230 e. The molecule has 6 nitrogen and oxygen atoms in total. The first-order valence-electron chi connectivity index (χ1n) is 10.4. The van der Waals surface area contributed by atoms with Crippen molar-refractivity contribution in [1.29, 1.82) is 0 Å². The highest BCUT2D eigenvalue weighted by atomic mass is 32.2. The monoisotopic (exact) mass is 377 g/mol. The first-order chi connectivity index (χ1) is 12.8. The molecule has 1 N–H and O–H groups in total. The van der Waals surface area contributed by atoms with E-state index >= 15 is 0 Å². The van der Waals surface area contributed by atoms with Crippen LogP contribution >= 0.6 is 11.8 Å². The maximum atomic E-state index is 12.4. The summed E-state index contributed by atoms with van der Waals surface area (Å²) in [5.41, 5.74) is 0. The second-order valence-electron chi connectivity index (χ2n) is 7.98. The molecule has 0 spiro atoms. The Morgan fingerprint density at radius 3 is 2.35 bits per heavy atom. The van der Waals surface area contributed by atoms with Crippen molar-refractivity contribution in [2.24, 2.45) is 0 Å². The van der Waals surface area contributed by atoms with Gasteiger partial charge in [0.05, 0.1) is 5.75 Å². The molecule has 1 amide bonds. The van der Waals surface area contributed by atoms with Crippen LogP contribution in [0, 0.1) is 0 Å². The molecule has 7 heteroatoms. The first kappa shape index (κ1) is 18.1. The van der Waals surface area contributed by atoms with Gasteiger partial charge in [-0.05, 0) is 44.9 Å². The molecule has 0 radical (unpaired) electrons. The Morgan fingerprint density at radius 2 is 1.65 bits per heavy atom. The van der Waals surface area contributed by atoms with E-state index in [-0.39, 0.29) is 5.91 Å². The lowest BCUT2D eigenvalue weighted by Gasteiger charge is -2.27. The van der Waals surface area contributed by atoms with Gasteiger partial charge in [-0.1, -0.05) is 37.4 Å². The summed E-state index contributed by atoms with van der Waals surface area (Å²) >= 11 is 1.55. The highest BCUT2D eigenvalue weighted by Crippen LogP contribution is 2.41. The first-order valence-corrected chi connectivity index (χ1v) is 11.4. The standard InChI is InChI=1S/C19H31N5OS/c25-17(20-15-8-4-1-2-5-9-15)14-26-19-22-21-18(24(19)16-10-11-16)23-12-6-3-7-13-23/h15-16H,1-14H2,(H,20,25). The number of aromatic nitrogens is 3. The molecule has 2 aliphatic carbocycles. The second kappa shape index (κ2) is 8.63. The third-order valence-electron chi connectivity index (χ3n) is 5.75. The second-order valence-corrected chi connectivity index (χ2v) is 8.92. The summed E-state index contributed by atoms with van der Waals surface area (Å²) in [7, 11) is 0. The lowest BCUT2D eigenvalue weighted by atomic mass is 10.1. The average molecular weight is 378 g/mol. The summed E-state index contributed by atoms with van der Waals surface area (Å²) < 4.78 is 2.30. The number of nitrogens with one attached hydrogen (secondary N) is 1. The number of anilines is 1. The van der Waals surface area contributed by atoms with Crippen molar-refractivity contribution in [3.8, 4) is 0 Å². The number of amides is 1. The van der Waals surface area contributed by atoms with Gasteiger partial charge in [0.1, 0.15) is 0 Å². The number of hydrogen-bond donors (Lipinski definition) is 1. The number of nitrogens with zero attached hydrogens (tertiary/aromatic N) is 4. The van der Waals surface area contributed by atoms with E-state index in [1.807, 2.05) is 0 Å². The van der Waals surface area contributed by atoms with E-state index in [1.54, 1.807) is 11.8 Å². The van der Waals surface area contributed by atoms with Crippen molar-refractivity contribution >= 4 is 23.6 Å². The lowest BCUT2D eigenvalue weighted by Crippen LogP contribution is -2.35. The fourth-order valence-electron chi connectivity index (χ4n) is 4.15.